The first kappa shape index (κ1) is 19.4. The SMILES string of the molecule is Cc1ccc(CNC(=O)c2cc(C)nc(Nc3ccc(N(C)C)cc3)n2)cc1. The Morgan fingerprint density at radius 2 is 1.64 bits per heavy atom. The number of hydrogen-bond donors (Lipinski definition) is 2. The summed E-state index contributed by atoms with van der Waals surface area (Å²) in [5.74, 6) is 0.176. The van der Waals surface area contributed by atoms with Gasteiger partial charge in [-0.1, -0.05) is 29.8 Å². The Balaban J connectivity index is 1.69. The lowest BCUT2D eigenvalue weighted by molar-refractivity contribution is 0.0945. The van der Waals surface area contributed by atoms with Crippen molar-refractivity contribution in [2.45, 2.75) is 20.4 Å². The van der Waals surface area contributed by atoms with Crippen LogP contribution in [0.1, 0.15) is 27.3 Å². The van der Waals surface area contributed by atoms with Crippen molar-refractivity contribution in [1.29, 1.82) is 0 Å². The summed E-state index contributed by atoms with van der Waals surface area (Å²) in [6.07, 6.45) is 0. The number of benzene rings is 2. The molecule has 0 unspecified atom stereocenters. The summed E-state index contributed by atoms with van der Waals surface area (Å²) in [5.41, 5.74) is 5.27. The molecule has 0 saturated carbocycles. The van der Waals surface area contributed by atoms with Gasteiger partial charge < -0.3 is 15.5 Å². The van der Waals surface area contributed by atoms with Gasteiger partial charge in [-0.05, 0) is 49.7 Å². The minimum Gasteiger partial charge on any atom is -0.378 e. The molecule has 28 heavy (non-hydrogen) atoms. The van der Waals surface area contributed by atoms with E-state index in [4.69, 9.17) is 0 Å². The highest BCUT2D eigenvalue weighted by atomic mass is 16.1. The van der Waals surface area contributed by atoms with Crippen molar-refractivity contribution in [2.75, 3.05) is 24.3 Å². The molecule has 0 aliphatic rings. The molecule has 0 radical (unpaired) electrons. The molecule has 0 aliphatic heterocycles. The number of carbonyl (C=O) groups excluding carboxylic acids is 1. The number of nitrogens with one attached hydrogen (secondary N) is 2. The lowest BCUT2D eigenvalue weighted by atomic mass is 10.1. The fraction of sp³-hybridized carbons (Fsp3) is 0.227. The second-order valence-corrected chi connectivity index (χ2v) is 6.95. The molecule has 6 nitrogen and oxygen atoms in total. The molecule has 2 N–H and O–H groups in total. The van der Waals surface area contributed by atoms with Crippen LogP contribution in [0.2, 0.25) is 0 Å². The van der Waals surface area contributed by atoms with Gasteiger partial charge in [0.1, 0.15) is 5.69 Å². The topological polar surface area (TPSA) is 70.2 Å². The van der Waals surface area contributed by atoms with E-state index in [2.05, 4.69) is 20.6 Å². The maximum Gasteiger partial charge on any atom is 0.270 e. The molecule has 1 amide bonds. The van der Waals surface area contributed by atoms with E-state index in [9.17, 15) is 4.79 Å². The van der Waals surface area contributed by atoms with Gasteiger partial charge in [0.2, 0.25) is 5.95 Å². The quantitative estimate of drug-likeness (QED) is 0.685. The molecule has 0 bridgehead atoms. The highest BCUT2D eigenvalue weighted by Gasteiger charge is 2.11. The monoisotopic (exact) mass is 375 g/mol. The molecule has 0 atom stereocenters. The highest BCUT2D eigenvalue weighted by Crippen LogP contribution is 2.18. The van der Waals surface area contributed by atoms with Crippen LogP contribution in [0.3, 0.4) is 0 Å². The summed E-state index contributed by atoms with van der Waals surface area (Å²) in [7, 11) is 3.99. The van der Waals surface area contributed by atoms with E-state index in [1.807, 2.05) is 81.4 Å². The molecule has 2 aromatic carbocycles. The maximum absolute atomic E-state index is 12.5. The van der Waals surface area contributed by atoms with Crippen molar-refractivity contribution in [3.8, 4) is 0 Å². The molecule has 3 rings (SSSR count). The Morgan fingerprint density at radius 3 is 2.29 bits per heavy atom. The van der Waals surface area contributed by atoms with E-state index < -0.39 is 0 Å². The third-order valence-electron chi connectivity index (χ3n) is 4.30. The van der Waals surface area contributed by atoms with Crippen LogP contribution in [-0.4, -0.2) is 30.0 Å². The summed E-state index contributed by atoms with van der Waals surface area (Å²) >= 11 is 0. The van der Waals surface area contributed by atoms with Crippen molar-refractivity contribution in [1.82, 2.24) is 15.3 Å². The zero-order valence-electron chi connectivity index (χ0n) is 16.7. The summed E-state index contributed by atoms with van der Waals surface area (Å²) in [6.45, 7) is 4.34. The first-order chi connectivity index (χ1) is 13.4. The first-order valence-corrected chi connectivity index (χ1v) is 9.14. The fourth-order valence-electron chi connectivity index (χ4n) is 2.69. The van der Waals surface area contributed by atoms with Gasteiger partial charge >= 0.3 is 0 Å². The number of aryl methyl sites for hydroxylation is 2. The summed E-state index contributed by atoms with van der Waals surface area (Å²) in [4.78, 5) is 23.3. The van der Waals surface area contributed by atoms with E-state index in [0.29, 0.717) is 18.2 Å². The van der Waals surface area contributed by atoms with Crippen molar-refractivity contribution < 1.29 is 4.79 Å². The van der Waals surface area contributed by atoms with Gasteiger partial charge in [0.05, 0.1) is 0 Å². The molecule has 144 valence electrons. The summed E-state index contributed by atoms with van der Waals surface area (Å²) in [6, 6.07) is 17.7. The van der Waals surface area contributed by atoms with Crippen LogP contribution in [0.25, 0.3) is 0 Å². The third-order valence-corrected chi connectivity index (χ3v) is 4.30. The zero-order chi connectivity index (χ0) is 20.1. The van der Waals surface area contributed by atoms with Crippen LogP contribution in [0.4, 0.5) is 17.3 Å². The number of rotatable bonds is 6. The van der Waals surface area contributed by atoms with Crippen LogP contribution < -0.4 is 15.5 Å². The Bertz CT molecular complexity index is 950. The van der Waals surface area contributed by atoms with E-state index in [1.54, 1.807) is 6.07 Å². The minimum atomic E-state index is -0.225. The average molecular weight is 375 g/mol. The second kappa shape index (κ2) is 8.52. The van der Waals surface area contributed by atoms with Gasteiger partial charge in [0.15, 0.2) is 0 Å². The Kier molecular flexibility index (Phi) is 5.89. The van der Waals surface area contributed by atoms with E-state index in [-0.39, 0.29) is 5.91 Å². The number of anilines is 3. The molecular weight excluding hydrogens is 350 g/mol. The molecule has 1 heterocycles. The lowest BCUT2D eigenvalue weighted by Gasteiger charge is -2.13. The number of carbonyl (C=O) groups is 1. The van der Waals surface area contributed by atoms with Gasteiger partial charge in [0.25, 0.3) is 5.91 Å². The zero-order valence-corrected chi connectivity index (χ0v) is 16.7. The molecule has 0 spiro atoms. The molecule has 6 heteroatoms. The minimum absolute atomic E-state index is 0.225. The number of hydrogen-bond acceptors (Lipinski definition) is 5. The second-order valence-electron chi connectivity index (χ2n) is 6.95. The molecule has 1 aromatic heterocycles. The van der Waals surface area contributed by atoms with Crippen LogP contribution in [0, 0.1) is 13.8 Å². The third kappa shape index (κ3) is 5.07. The van der Waals surface area contributed by atoms with Gasteiger partial charge in [-0.25, -0.2) is 9.97 Å². The average Bonchev–Trinajstić information content (AvgIpc) is 2.67. The fourth-order valence-corrected chi connectivity index (χ4v) is 2.69. The van der Waals surface area contributed by atoms with Crippen molar-refractivity contribution in [3.63, 3.8) is 0 Å². The van der Waals surface area contributed by atoms with Gasteiger partial charge in [-0.3, -0.25) is 4.79 Å². The Morgan fingerprint density at radius 1 is 0.964 bits per heavy atom. The maximum atomic E-state index is 12.5. The van der Waals surface area contributed by atoms with E-state index >= 15 is 0 Å². The van der Waals surface area contributed by atoms with Crippen molar-refractivity contribution >= 4 is 23.2 Å². The first-order valence-electron chi connectivity index (χ1n) is 9.14. The number of nitrogens with zero attached hydrogens (tertiary/aromatic N) is 3. The van der Waals surface area contributed by atoms with Crippen LogP contribution >= 0.6 is 0 Å². The van der Waals surface area contributed by atoms with Crippen LogP contribution in [0.5, 0.6) is 0 Å². The lowest BCUT2D eigenvalue weighted by Crippen LogP contribution is -2.24. The Hall–Kier alpha value is -3.41. The molecular formula is C22H25N5O. The number of amides is 1. The Labute approximate surface area is 165 Å². The van der Waals surface area contributed by atoms with Gasteiger partial charge in [0, 0.05) is 37.7 Å². The van der Waals surface area contributed by atoms with Crippen LogP contribution in [0.15, 0.2) is 54.6 Å². The van der Waals surface area contributed by atoms with Crippen molar-refractivity contribution in [2.24, 2.45) is 0 Å². The smallest absolute Gasteiger partial charge is 0.270 e. The number of aromatic nitrogens is 2. The standard InChI is InChI=1S/C22H25N5O/c1-15-5-7-17(8-6-15)14-23-21(28)20-13-16(2)24-22(26-20)25-18-9-11-19(12-10-18)27(3)4/h5-13H,14H2,1-4H3,(H,23,28)(H,24,25,26). The van der Waals surface area contributed by atoms with E-state index in [1.165, 1.54) is 5.56 Å². The predicted octanol–water partition coefficient (Wildman–Crippen LogP) is 3.83. The normalized spacial score (nSPS) is 10.4. The molecule has 0 fully saturated rings. The summed E-state index contributed by atoms with van der Waals surface area (Å²) < 4.78 is 0. The molecule has 0 saturated heterocycles. The highest BCUT2D eigenvalue weighted by molar-refractivity contribution is 5.92. The predicted molar refractivity (Wildman–Crippen MR) is 113 cm³/mol. The van der Waals surface area contributed by atoms with Gasteiger partial charge in [-0.15, -0.1) is 0 Å². The van der Waals surface area contributed by atoms with Crippen molar-refractivity contribution in [3.05, 3.63) is 77.1 Å². The summed E-state index contributed by atoms with van der Waals surface area (Å²) in [5, 5.41) is 6.08. The van der Waals surface area contributed by atoms with Crippen LogP contribution in [-0.2, 0) is 6.54 Å². The molecule has 3 aromatic rings. The largest absolute Gasteiger partial charge is 0.378 e. The molecule has 0 aliphatic carbocycles. The van der Waals surface area contributed by atoms with E-state index in [0.717, 1.165) is 22.6 Å². The van der Waals surface area contributed by atoms with Gasteiger partial charge in [-0.2, -0.15) is 0 Å².